The average Bonchev–Trinajstić information content (AvgIpc) is 3.21. The van der Waals surface area contributed by atoms with Crippen molar-refractivity contribution < 1.29 is 9.53 Å². The zero-order valence-corrected chi connectivity index (χ0v) is 15.6. The topological polar surface area (TPSA) is 44.8 Å². The predicted molar refractivity (Wildman–Crippen MR) is 102 cm³/mol. The number of carbonyl (C=O) groups is 1. The van der Waals surface area contributed by atoms with Crippen LogP contribution >= 0.6 is 11.3 Å². The van der Waals surface area contributed by atoms with Crippen molar-refractivity contribution in [3.63, 3.8) is 0 Å². The van der Waals surface area contributed by atoms with Crippen LogP contribution < -0.4 is 10.2 Å². The number of hydrogen-bond donors (Lipinski definition) is 1. The Morgan fingerprint density at radius 1 is 1.28 bits per heavy atom. The second-order valence-electron chi connectivity index (χ2n) is 6.23. The summed E-state index contributed by atoms with van der Waals surface area (Å²) in [5.74, 6) is 0. The number of anilines is 1. The second-order valence-corrected chi connectivity index (χ2v) is 7.21. The van der Waals surface area contributed by atoms with Crippen molar-refractivity contribution in [2.75, 3.05) is 38.3 Å². The van der Waals surface area contributed by atoms with E-state index in [2.05, 4.69) is 40.5 Å². The highest BCUT2D eigenvalue weighted by Gasteiger charge is 2.17. The van der Waals surface area contributed by atoms with E-state index in [9.17, 15) is 4.79 Å². The Morgan fingerprint density at radius 3 is 2.64 bits per heavy atom. The van der Waals surface area contributed by atoms with Crippen molar-refractivity contribution in [1.29, 1.82) is 0 Å². The van der Waals surface area contributed by atoms with Gasteiger partial charge in [0.05, 0.1) is 19.3 Å². The van der Waals surface area contributed by atoms with Crippen molar-refractivity contribution in [3.05, 3.63) is 52.2 Å². The Balaban J connectivity index is 1.51. The van der Waals surface area contributed by atoms with Crippen LogP contribution in [0.3, 0.4) is 0 Å². The molecule has 1 aliphatic heterocycles. The number of carbonyl (C=O) groups excluding carboxylic acids is 1. The number of amides is 2. The van der Waals surface area contributed by atoms with Gasteiger partial charge in [-0.25, -0.2) is 4.79 Å². The van der Waals surface area contributed by atoms with E-state index in [0.29, 0.717) is 6.54 Å². The van der Waals surface area contributed by atoms with E-state index in [1.165, 1.54) is 10.6 Å². The monoisotopic (exact) mass is 359 g/mol. The second kappa shape index (κ2) is 8.36. The summed E-state index contributed by atoms with van der Waals surface area (Å²) >= 11 is 1.67. The lowest BCUT2D eigenvalue weighted by molar-refractivity contribution is 0.122. The van der Waals surface area contributed by atoms with Crippen LogP contribution in [0.1, 0.15) is 23.4 Å². The number of rotatable bonds is 5. The van der Waals surface area contributed by atoms with E-state index in [1.54, 1.807) is 16.2 Å². The van der Waals surface area contributed by atoms with Gasteiger partial charge in [0, 0.05) is 37.2 Å². The lowest BCUT2D eigenvalue weighted by atomic mass is 10.2. The first kappa shape index (κ1) is 17.8. The van der Waals surface area contributed by atoms with Crippen molar-refractivity contribution in [2.24, 2.45) is 0 Å². The van der Waals surface area contributed by atoms with Crippen LogP contribution in [0.15, 0.2) is 41.8 Å². The molecule has 1 aliphatic rings. The summed E-state index contributed by atoms with van der Waals surface area (Å²) in [6.45, 7) is 6.01. The minimum absolute atomic E-state index is 0.0573. The maximum atomic E-state index is 12.4. The van der Waals surface area contributed by atoms with Gasteiger partial charge >= 0.3 is 6.03 Å². The van der Waals surface area contributed by atoms with Crippen LogP contribution in [0.2, 0.25) is 0 Å². The molecule has 5 nitrogen and oxygen atoms in total. The van der Waals surface area contributed by atoms with Gasteiger partial charge in [0.2, 0.25) is 0 Å². The molecule has 2 heterocycles. The molecule has 1 fully saturated rings. The number of ether oxygens (including phenoxy) is 1. The standard InChI is InChI=1S/C19H25N3O2S/c1-15(18-4-3-13-25-18)21(2)19(23)20-14-16-5-7-17(8-6-16)22-9-11-24-12-10-22/h3-8,13,15H,9-12,14H2,1-2H3,(H,20,23). The fourth-order valence-electron chi connectivity index (χ4n) is 2.84. The minimum atomic E-state index is -0.0573. The van der Waals surface area contributed by atoms with Crippen molar-refractivity contribution in [3.8, 4) is 0 Å². The largest absolute Gasteiger partial charge is 0.378 e. The SMILES string of the molecule is CC(c1cccs1)N(C)C(=O)NCc1ccc(N2CCOCC2)cc1. The predicted octanol–water partition coefficient (Wildman–Crippen LogP) is 3.49. The summed E-state index contributed by atoms with van der Waals surface area (Å²) in [4.78, 5) is 17.6. The molecule has 25 heavy (non-hydrogen) atoms. The zero-order valence-electron chi connectivity index (χ0n) is 14.8. The van der Waals surface area contributed by atoms with E-state index in [1.807, 2.05) is 25.4 Å². The van der Waals surface area contributed by atoms with Gasteiger partial charge in [-0.1, -0.05) is 18.2 Å². The van der Waals surface area contributed by atoms with E-state index in [0.717, 1.165) is 31.9 Å². The fraction of sp³-hybridized carbons (Fsp3) is 0.421. The third kappa shape index (κ3) is 4.52. The smallest absolute Gasteiger partial charge is 0.317 e. The molecule has 0 spiro atoms. The van der Waals surface area contributed by atoms with Gasteiger partial charge in [-0.3, -0.25) is 0 Å². The third-order valence-corrected chi connectivity index (χ3v) is 5.66. The first-order valence-electron chi connectivity index (χ1n) is 8.61. The molecule has 3 rings (SSSR count). The van der Waals surface area contributed by atoms with Crippen molar-refractivity contribution in [2.45, 2.75) is 19.5 Å². The number of hydrogen-bond acceptors (Lipinski definition) is 4. The molecule has 0 saturated carbocycles. The maximum absolute atomic E-state index is 12.4. The highest BCUT2D eigenvalue weighted by molar-refractivity contribution is 7.10. The molecule has 1 aromatic heterocycles. The average molecular weight is 359 g/mol. The Kier molecular flexibility index (Phi) is 5.94. The summed E-state index contributed by atoms with van der Waals surface area (Å²) < 4.78 is 5.39. The van der Waals surface area contributed by atoms with E-state index < -0.39 is 0 Å². The molecule has 1 aromatic carbocycles. The minimum Gasteiger partial charge on any atom is -0.378 e. The number of urea groups is 1. The van der Waals surface area contributed by atoms with Gasteiger partial charge < -0.3 is 19.9 Å². The lowest BCUT2D eigenvalue weighted by Crippen LogP contribution is -2.38. The first-order valence-corrected chi connectivity index (χ1v) is 9.49. The van der Waals surface area contributed by atoms with E-state index in [4.69, 9.17) is 4.74 Å². The molecular weight excluding hydrogens is 334 g/mol. The number of benzene rings is 1. The van der Waals surface area contributed by atoms with E-state index in [-0.39, 0.29) is 12.1 Å². The molecule has 0 aliphatic carbocycles. The van der Waals surface area contributed by atoms with Crippen LogP contribution in [-0.4, -0.2) is 44.3 Å². The molecule has 134 valence electrons. The molecule has 1 saturated heterocycles. The molecule has 1 N–H and O–H groups in total. The molecule has 0 radical (unpaired) electrons. The van der Waals surface area contributed by atoms with Crippen molar-refractivity contribution >= 4 is 23.1 Å². The normalized spacial score (nSPS) is 15.7. The summed E-state index contributed by atoms with van der Waals surface area (Å²) in [5, 5.41) is 5.03. The summed E-state index contributed by atoms with van der Waals surface area (Å²) in [6.07, 6.45) is 0. The third-order valence-electron chi connectivity index (χ3n) is 4.61. The quantitative estimate of drug-likeness (QED) is 0.889. The van der Waals surface area contributed by atoms with Crippen LogP contribution in [0.5, 0.6) is 0 Å². The number of morpholine rings is 1. The molecule has 0 bridgehead atoms. The summed E-state index contributed by atoms with van der Waals surface area (Å²) in [5.41, 5.74) is 2.31. The molecule has 1 unspecified atom stereocenters. The van der Waals surface area contributed by atoms with Gasteiger partial charge in [-0.2, -0.15) is 0 Å². The molecule has 2 aromatic rings. The van der Waals surface area contributed by atoms with Gasteiger partial charge in [-0.05, 0) is 36.1 Å². The molecular formula is C19H25N3O2S. The Morgan fingerprint density at radius 2 is 2.00 bits per heavy atom. The Bertz CT molecular complexity index is 666. The highest BCUT2D eigenvalue weighted by atomic mass is 32.1. The maximum Gasteiger partial charge on any atom is 0.317 e. The first-order chi connectivity index (χ1) is 12.1. The number of thiophene rings is 1. The van der Waals surface area contributed by atoms with E-state index >= 15 is 0 Å². The van der Waals surface area contributed by atoms with Gasteiger partial charge in [-0.15, -0.1) is 11.3 Å². The lowest BCUT2D eigenvalue weighted by Gasteiger charge is -2.29. The summed E-state index contributed by atoms with van der Waals surface area (Å²) in [6, 6.07) is 12.5. The highest BCUT2D eigenvalue weighted by Crippen LogP contribution is 2.23. The zero-order chi connectivity index (χ0) is 17.6. The van der Waals surface area contributed by atoms with Crippen LogP contribution in [0.25, 0.3) is 0 Å². The van der Waals surface area contributed by atoms with Gasteiger partial charge in [0.25, 0.3) is 0 Å². The molecule has 1 atom stereocenters. The van der Waals surface area contributed by atoms with Gasteiger partial charge in [0.15, 0.2) is 0 Å². The van der Waals surface area contributed by atoms with Gasteiger partial charge in [0.1, 0.15) is 0 Å². The van der Waals surface area contributed by atoms with Crippen LogP contribution in [0, 0.1) is 0 Å². The number of nitrogens with zero attached hydrogens (tertiary/aromatic N) is 2. The van der Waals surface area contributed by atoms with Crippen LogP contribution in [0.4, 0.5) is 10.5 Å². The molecule has 2 amide bonds. The Hall–Kier alpha value is -2.05. The Labute approximate surface area is 153 Å². The van der Waals surface area contributed by atoms with Crippen molar-refractivity contribution in [1.82, 2.24) is 10.2 Å². The fourth-order valence-corrected chi connectivity index (χ4v) is 3.67. The molecule has 6 heteroatoms. The van der Waals surface area contributed by atoms with Crippen LogP contribution in [-0.2, 0) is 11.3 Å². The number of nitrogens with one attached hydrogen (secondary N) is 1. The summed E-state index contributed by atoms with van der Waals surface area (Å²) in [7, 11) is 1.83.